The maximum atomic E-state index is 12.7. The molecule has 3 aromatic rings. The molecule has 1 aromatic carbocycles. The van der Waals surface area contributed by atoms with E-state index in [1.807, 2.05) is 0 Å². The Labute approximate surface area is 183 Å². The van der Waals surface area contributed by atoms with Crippen LogP contribution in [0.1, 0.15) is 17.3 Å². The van der Waals surface area contributed by atoms with Gasteiger partial charge in [0.15, 0.2) is 15.0 Å². The topological polar surface area (TPSA) is 117 Å². The van der Waals surface area contributed by atoms with Crippen LogP contribution in [0.15, 0.2) is 52.9 Å². The van der Waals surface area contributed by atoms with Gasteiger partial charge in [0, 0.05) is 37.1 Å². The monoisotopic (exact) mass is 463 g/mol. The quantitative estimate of drug-likeness (QED) is 0.513. The molecule has 0 spiro atoms. The van der Waals surface area contributed by atoms with Gasteiger partial charge in [-0.25, -0.2) is 13.4 Å². The van der Waals surface area contributed by atoms with Gasteiger partial charge in [0.1, 0.15) is 11.9 Å². The van der Waals surface area contributed by atoms with Crippen LogP contribution in [0.3, 0.4) is 0 Å². The number of anilines is 1. The molecule has 2 aromatic heterocycles. The van der Waals surface area contributed by atoms with E-state index in [0.29, 0.717) is 17.5 Å². The molecule has 0 bridgehead atoms. The van der Waals surface area contributed by atoms with E-state index in [2.05, 4.69) is 15.3 Å². The van der Waals surface area contributed by atoms with Crippen molar-refractivity contribution in [2.45, 2.75) is 17.9 Å². The van der Waals surface area contributed by atoms with Gasteiger partial charge in [0.05, 0.1) is 17.1 Å². The summed E-state index contributed by atoms with van der Waals surface area (Å²) in [7, 11) is -1.77. The van der Waals surface area contributed by atoms with Crippen LogP contribution in [0.5, 0.6) is 17.5 Å². The molecule has 0 unspecified atom stereocenters. The van der Waals surface area contributed by atoms with Gasteiger partial charge < -0.3 is 14.2 Å². The van der Waals surface area contributed by atoms with E-state index in [-0.39, 0.29) is 28.3 Å². The Morgan fingerprint density at radius 1 is 1.19 bits per heavy atom. The minimum absolute atomic E-state index is 0.110. The van der Waals surface area contributed by atoms with E-state index in [1.54, 1.807) is 25.6 Å². The van der Waals surface area contributed by atoms with Gasteiger partial charge in [-0.3, -0.25) is 10.1 Å². The molecular formula is C20H21N3O6S2. The predicted molar refractivity (Wildman–Crippen MR) is 116 cm³/mol. The Balaban J connectivity index is 1.87. The molecular weight excluding hydrogens is 442 g/mol. The van der Waals surface area contributed by atoms with Crippen LogP contribution in [-0.4, -0.2) is 50.4 Å². The highest BCUT2D eigenvalue weighted by molar-refractivity contribution is 7.90. The third-order valence-corrected chi connectivity index (χ3v) is 5.71. The zero-order valence-electron chi connectivity index (χ0n) is 17.1. The number of nitrogens with one attached hydrogen (secondary N) is 1. The van der Waals surface area contributed by atoms with E-state index >= 15 is 0 Å². The molecule has 1 atom stereocenters. The molecule has 0 aliphatic rings. The molecule has 9 nitrogen and oxygen atoms in total. The molecule has 31 heavy (non-hydrogen) atoms. The van der Waals surface area contributed by atoms with Crippen LogP contribution in [0.4, 0.5) is 5.13 Å². The summed E-state index contributed by atoms with van der Waals surface area (Å²) in [5.74, 6) is 0.241. The zero-order valence-corrected chi connectivity index (χ0v) is 18.7. The zero-order chi connectivity index (χ0) is 22.4. The van der Waals surface area contributed by atoms with Gasteiger partial charge in [-0.15, -0.1) is 11.3 Å². The van der Waals surface area contributed by atoms with E-state index in [0.717, 1.165) is 6.26 Å². The number of ether oxygens (including phenoxy) is 3. The van der Waals surface area contributed by atoms with E-state index < -0.39 is 15.7 Å². The number of methoxy groups -OCH3 is 1. The maximum Gasteiger partial charge on any atom is 0.257 e. The van der Waals surface area contributed by atoms with Crippen LogP contribution in [0, 0.1) is 0 Å². The Kier molecular flexibility index (Phi) is 7.21. The summed E-state index contributed by atoms with van der Waals surface area (Å²) in [5.41, 5.74) is 0.257. The number of aromatic nitrogens is 2. The van der Waals surface area contributed by atoms with E-state index in [9.17, 15) is 13.2 Å². The van der Waals surface area contributed by atoms with E-state index in [1.165, 1.54) is 47.7 Å². The first-order chi connectivity index (χ1) is 14.7. The number of rotatable bonds is 9. The SMILES string of the molecule is COC[C@@H](C)Oc1cc(C(=O)Nc2nccs2)cc(Oc2ccc(S(C)(=O)=O)cc2)n1. The molecule has 2 heterocycles. The average Bonchev–Trinajstić information content (AvgIpc) is 3.20. The minimum Gasteiger partial charge on any atom is -0.472 e. The highest BCUT2D eigenvalue weighted by atomic mass is 32.2. The number of pyridine rings is 1. The molecule has 0 aliphatic carbocycles. The lowest BCUT2D eigenvalue weighted by atomic mass is 10.2. The molecule has 0 radical (unpaired) electrons. The molecule has 1 N–H and O–H groups in total. The Morgan fingerprint density at radius 2 is 1.90 bits per heavy atom. The summed E-state index contributed by atoms with van der Waals surface area (Å²) in [6.07, 6.45) is 2.40. The van der Waals surface area contributed by atoms with Crippen LogP contribution in [-0.2, 0) is 14.6 Å². The number of thiazole rings is 1. The lowest BCUT2D eigenvalue weighted by molar-refractivity contribution is 0.0882. The second-order valence-electron chi connectivity index (χ2n) is 6.55. The van der Waals surface area contributed by atoms with Crippen LogP contribution in [0.25, 0.3) is 0 Å². The second kappa shape index (κ2) is 9.86. The fourth-order valence-corrected chi connectivity index (χ4v) is 3.68. The highest BCUT2D eigenvalue weighted by Gasteiger charge is 2.15. The van der Waals surface area contributed by atoms with Crippen molar-refractivity contribution in [2.75, 3.05) is 25.3 Å². The molecule has 3 rings (SSSR count). The third-order valence-electron chi connectivity index (χ3n) is 3.89. The predicted octanol–water partition coefficient (Wildman–Crippen LogP) is 3.40. The summed E-state index contributed by atoms with van der Waals surface area (Å²) in [4.78, 5) is 21.2. The van der Waals surface area contributed by atoms with Crippen molar-refractivity contribution in [1.29, 1.82) is 0 Å². The number of hydrogen-bond acceptors (Lipinski definition) is 9. The molecule has 0 saturated heterocycles. The van der Waals surface area contributed by atoms with Gasteiger partial charge >= 0.3 is 0 Å². The first kappa shape index (κ1) is 22.7. The fourth-order valence-electron chi connectivity index (χ4n) is 2.53. The molecule has 0 saturated carbocycles. The number of amides is 1. The van der Waals surface area contributed by atoms with Gasteiger partial charge in [0.2, 0.25) is 11.8 Å². The highest BCUT2D eigenvalue weighted by Crippen LogP contribution is 2.26. The molecule has 0 fully saturated rings. The summed E-state index contributed by atoms with van der Waals surface area (Å²) in [6, 6.07) is 8.84. The lowest BCUT2D eigenvalue weighted by Gasteiger charge is -2.15. The number of sulfone groups is 1. The van der Waals surface area contributed by atoms with Crippen molar-refractivity contribution >= 4 is 32.2 Å². The average molecular weight is 464 g/mol. The Morgan fingerprint density at radius 3 is 2.52 bits per heavy atom. The van der Waals surface area contributed by atoms with Crippen LogP contribution in [0.2, 0.25) is 0 Å². The normalized spacial score (nSPS) is 12.2. The van der Waals surface area contributed by atoms with Gasteiger partial charge in [-0.05, 0) is 31.2 Å². The van der Waals surface area contributed by atoms with Crippen molar-refractivity contribution in [3.63, 3.8) is 0 Å². The first-order valence-corrected chi connectivity index (χ1v) is 11.9. The first-order valence-electron chi connectivity index (χ1n) is 9.11. The summed E-state index contributed by atoms with van der Waals surface area (Å²) >= 11 is 1.29. The van der Waals surface area contributed by atoms with Crippen molar-refractivity contribution in [1.82, 2.24) is 9.97 Å². The van der Waals surface area contributed by atoms with Crippen LogP contribution < -0.4 is 14.8 Å². The molecule has 0 aliphatic heterocycles. The standard InChI is InChI=1S/C20H21N3O6S2/c1-13(12-27-2)28-17-10-14(19(24)23-20-21-8-9-30-20)11-18(22-17)29-15-4-6-16(7-5-15)31(3,25)26/h4-11,13H,12H2,1-3H3,(H,21,23,24)/t13-/m1/s1. The summed E-state index contributed by atoms with van der Waals surface area (Å²) in [6.45, 7) is 2.14. The smallest absolute Gasteiger partial charge is 0.257 e. The summed E-state index contributed by atoms with van der Waals surface area (Å²) in [5, 5.41) is 4.90. The third kappa shape index (κ3) is 6.48. The minimum atomic E-state index is -3.32. The molecule has 1 amide bonds. The number of carbonyl (C=O) groups excluding carboxylic acids is 1. The number of carbonyl (C=O) groups is 1. The largest absolute Gasteiger partial charge is 0.472 e. The molecule has 164 valence electrons. The van der Waals surface area contributed by atoms with Gasteiger partial charge in [0.25, 0.3) is 5.91 Å². The second-order valence-corrected chi connectivity index (χ2v) is 9.46. The Hall–Kier alpha value is -3.02. The van der Waals surface area contributed by atoms with Crippen molar-refractivity contribution < 1.29 is 27.4 Å². The van der Waals surface area contributed by atoms with Crippen molar-refractivity contribution in [3.8, 4) is 17.5 Å². The summed E-state index contributed by atoms with van der Waals surface area (Å²) < 4.78 is 39.8. The maximum absolute atomic E-state index is 12.7. The van der Waals surface area contributed by atoms with Gasteiger partial charge in [-0.2, -0.15) is 4.98 Å². The van der Waals surface area contributed by atoms with Gasteiger partial charge in [-0.1, -0.05) is 0 Å². The Bertz CT molecular complexity index is 1130. The van der Waals surface area contributed by atoms with Crippen LogP contribution >= 0.6 is 11.3 Å². The number of hydrogen-bond donors (Lipinski definition) is 1. The van der Waals surface area contributed by atoms with Crippen molar-refractivity contribution in [2.24, 2.45) is 0 Å². The van der Waals surface area contributed by atoms with Crippen molar-refractivity contribution in [3.05, 3.63) is 53.5 Å². The van der Waals surface area contributed by atoms with E-state index in [4.69, 9.17) is 14.2 Å². The fraction of sp³-hybridized carbons (Fsp3) is 0.250. The number of nitrogens with zero attached hydrogens (tertiary/aromatic N) is 2. The molecule has 11 heteroatoms. The number of benzene rings is 1. The lowest BCUT2D eigenvalue weighted by Crippen LogP contribution is -2.19.